The average Bonchev–Trinajstić information content (AvgIpc) is 2.19. The van der Waals surface area contributed by atoms with Gasteiger partial charge in [-0.25, -0.2) is 0 Å². The van der Waals surface area contributed by atoms with Gasteiger partial charge in [-0.1, -0.05) is 0 Å². The molecular weight excluding hydrogens is 241 g/mol. The summed E-state index contributed by atoms with van der Waals surface area (Å²) in [5, 5.41) is 12.3. The van der Waals surface area contributed by atoms with Gasteiger partial charge in [0.25, 0.3) is 5.91 Å². The van der Waals surface area contributed by atoms with Crippen molar-refractivity contribution in [2.24, 2.45) is 0 Å². The van der Waals surface area contributed by atoms with Gasteiger partial charge in [0.15, 0.2) is 0 Å². The monoisotopic (exact) mass is 249 g/mol. The van der Waals surface area contributed by atoms with Crippen molar-refractivity contribution < 1.29 is 66.1 Å². The molecule has 0 heterocycles. The first-order valence-electron chi connectivity index (χ1n) is 3.80. The number of carbonyl (C=O) groups excluding carboxylic acids is 2. The third-order valence-electron chi connectivity index (χ3n) is 1.53. The molecule has 0 unspecified atom stereocenters. The first kappa shape index (κ1) is 15.1. The van der Waals surface area contributed by atoms with Crippen LogP contribution in [0.2, 0.25) is 0 Å². The van der Waals surface area contributed by atoms with Crippen molar-refractivity contribution in [3.05, 3.63) is 24.3 Å². The molecule has 0 saturated heterocycles. The van der Waals surface area contributed by atoms with Crippen LogP contribution in [0.3, 0.4) is 0 Å². The van der Waals surface area contributed by atoms with Crippen LogP contribution in [0.4, 0.5) is 5.69 Å². The summed E-state index contributed by atoms with van der Waals surface area (Å²) in [6.45, 7) is 0. The third kappa shape index (κ3) is 5.14. The van der Waals surface area contributed by atoms with Crippen LogP contribution in [-0.4, -0.2) is 18.1 Å². The molecule has 1 N–H and O–H groups in total. The van der Waals surface area contributed by atoms with Gasteiger partial charge in [-0.2, -0.15) is 0 Å². The molecule has 0 radical (unpaired) electrons. The molecule has 1 aromatic rings. The molecule has 15 heavy (non-hydrogen) atoms. The second-order valence-electron chi connectivity index (χ2n) is 2.47. The van der Waals surface area contributed by atoms with Gasteiger partial charge in [0.05, 0.1) is 0 Å². The van der Waals surface area contributed by atoms with Gasteiger partial charge >= 0.3 is 51.4 Å². The van der Waals surface area contributed by atoms with Crippen LogP contribution in [0, 0.1) is 0 Å². The summed E-state index contributed by atoms with van der Waals surface area (Å²) in [5.74, 6) is -2.87. The normalized spacial score (nSPS) is 8.87. The molecule has 1 amide bonds. The maximum Gasteiger partial charge on any atom is 1.00 e. The van der Waals surface area contributed by atoms with Crippen molar-refractivity contribution in [2.75, 3.05) is 11.6 Å². The van der Waals surface area contributed by atoms with Crippen LogP contribution in [0.25, 0.3) is 0 Å². The standard InChI is InChI=1S/C9H9NO3S.K/c1-14-7-4-2-6(3-5-7)10-8(11)9(12)13;/h2-5H,1H3,(H,10,11)(H,12,13);/q;+1/p-1. The van der Waals surface area contributed by atoms with Crippen molar-refractivity contribution in [1.82, 2.24) is 0 Å². The molecule has 0 atom stereocenters. The first-order valence-corrected chi connectivity index (χ1v) is 5.02. The number of carboxylic acid groups (broad SMARTS) is 1. The zero-order valence-electron chi connectivity index (χ0n) is 8.44. The number of carboxylic acids is 1. The fraction of sp³-hybridized carbons (Fsp3) is 0.111. The summed E-state index contributed by atoms with van der Waals surface area (Å²) in [6.07, 6.45) is 1.93. The molecule has 0 aliphatic carbocycles. The molecule has 74 valence electrons. The van der Waals surface area contributed by atoms with Gasteiger partial charge in [0.2, 0.25) is 0 Å². The van der Waals surface area contributed by atoms with Crippen LogP contribution in [-0.2, 0) is 9.59 Å². The van der Waals surface area contributed by atoms with Crippen LogP contribution in [0.15, 0.2) is 29.2 Å². The van der Waals surface area contributed by atoms with Crippen LogP contribution >= 0.6 is 11.8 Å². The van der Waals surface area contributed by atoms with E-state index >= 15 is 0 Å². The van der Waals surface area contributed by atoms with Crippen molar-refractivity contribution in [1.29, 1.82) is 0 Å². The van der Waals surface area contributed by atoms with Crippen LogP contribution in [0.5, 0.6) is 0 Å². The predicted molar refractivity (Wildman–Crippen MR) is 51.9 cm³/mol. The molecule has 0 bridgehead atoms. The Kier molecular flexibility index (Phi) is 7.50. The number of hydrogen-bond acceptors (Lipinski definition) is 4. The van der Waals surface area contributed by atoms with E-state index in [0.717, 1.165) is 4.90 Å². The van der Waals surface area contributed by atoms with Gasteiger partial charge in [0, 0.05) is 10.6 Å². The summed E-state index contributed by atoms with van der Waals surface area (Å²) in [5.41, 5.74) is 0.442. The molecule has 0 saturated carbocycles. The Morgan fingerprint density at radius 2 is 1.80 bits per heavy atom. The molecule has 0 aliphatic rings. The quantitative estimate of drug-likeness (QED) is 0.347. The minimum Gasteiger partial charge on any atom is -0.540 e. The Labute approximate surface area is 134 Å². The van der Waals surface area contributed by atoms with E-state index in [9.17, 15) is 14.7 Å². The maximum atomic E-state index is 10.7. The summed E-state index contributed by atoms with van der Waals surface area (Å²) in [4.78, 5) is 21.8. The molecule has 0 spiro atoms. The van der Waals surface area contributed by atoms with E-state index in [0.29, 0.717) is 5.69 Å². The van der Waals surface area contributed by atoms with E-state index in [-0.39, 0.29) is 51.4 Å². The Hall–Kier alpha value is 0.146. The number of rotatable bonds is 2. The van der Waals surface area contributed by atoms with Gasteiger partial charge in [-0.15, -0.1) is 11.8 Å². The van der Waals surface area contributed by atoms with Gasteiger partial charge in [-0.3, -0.25) is 4.79 Å². The van der Waals surface area contributed by atoms with Gasteiger partial charge in [0.1, 0.15) is 5.97 Å². The van der Waals surface area contributed by atoms with E-state index in [4.69, 9.17) is 0 Å². The minimum atomic E-state index is -1.74. The fourth-order valence-corrected chi connectivity index (χ4v) is 1.26. The maximum absolute atomic E-state index is 10.7. The molecule has 1 aromatic carbocycles. The number of carbonyl (C=O) groups is 2. The zero-order chi connectivity index (χ0) is 10.6. The molecule has 0 fully saturated rings. The summed E-state index contributed by atoms with van der Waals surface area (Å²) in [7, 11) is 0. The zero-order valence-corrected chi connectivity index (χ0v) is 12.4. The van der Waals surface area contributed by atoms with Gasteiger partial charge < -0.3 is 15.2 Å². The van der Waals surface area contributed by atoms with Crippen molar-refractivity contribution in [3.63, 3.8) is 0 Å². The number of amides is 1. The van der Waals surface area contributed by atoms with E-state index in [1.165, 1.54) is 0 Å². The molecule has 4 nitrogen and oxygen atoms in total. The molecular formula is C9H8KNO3S. The van der Waals surface area contributed by atoms with E-state index in [2.05, 4.69) is 5.32 Å². The predicted octanol–water partition coefficient (Wildman–Crippen LogP) is -2.90. The van der Waals surface area contributed by atoms with Crippen molar-refractivity contribution >= 4 is 29.3 Å². The van der Waals surface area contributed by atoms with Gasteiger partial charge in [-0.05, 0) is 30.5 Å². The Morgan fingerprint density at radius 1 is 1.27 bits per heavy atom. The third-order valence-corrected chi connectivity index (χ3v) is 2.28. The minimum absolute atomic E-state index is 0. The number of aliphatic carboxylic acids is 1. The topological polar surface area (TPSA) is 69.2 Å². The Morgan fingerprint density at radius 3 is 2.20 bits per heavy atom. The van der Waals surface area contributed by atoms with Crippen LogP contribution in [0.1, 0.15) is 0 Å². The number of hydrogen-bond donors (Lipinski definition) is 1. The first-order chi connectivity index (χ1) is 6.63. The smallest absolute Gasteiger partial charge is 0.540 e. The second-order valence-corrected chi connectivity index (χ2v) is 3.35. The molecule has 0 aromatic heterocycles. The Balaban J connectivity index is 0.00000196. The van der Waals surface area contributed by atoms with E-state index in [1.54, 1.807) is 36.0 Å². The molecule has 6 heteroatoms. The number of thioether (sulfide) groups is 1. The number of anilines is 1. The number of nitrogens with one attached hydrogen (secondary N) is 1. The fourth-order valence-electron chi connectivity index (χ4n) is 0.856. The average molecular weight is 249 g/mol. The summed E-state index contributed by atoms with van der Waals surface area (Å²) in [6, 6.07) is 6.84. The summed E-state index contributed by atoms with van der Waals surface area (Å²) < 4.78 is 0. The molecule has 1 rings (SSSR count). The largest absolute Gasteiger partial charge is 1.00 e. The Bertz CT molecular complexity index is 353. The molecule has 0 aliphatic heterocycles. The number of benzene rings is 1. The summed E-state index contributed by atoms with van der Waals surface area (Å²) >= 11 is 1.56. The van der Waals surface area contributed by atoms with E-state index < -0.39 is 11.9 Å². The van der Waals surface area contributed by atoms with E-state index in [1.807, 2.05) is 6.26 Å². The van der Waals surface area contributed by atoms with Crippen molar-refractivity contribution in [3.8, 4) is 0 Å². The van der Waals surface area contributed by atoms with Crippen LogP contribution < -0.4 is 61.8 Å². The van der Waals surface area contributed by atoms with Crippen molar-refractivity contribution in [2.45, 2.75) is 4.90 Å². The second kappa shape index (κ2) is 7.42. The SMILES string of the molecule is CSc1ccc(NC(=O)C(=O)[O-])cc1.[K+].